The molecular formula is C66H98N8O11. The molecule has 85 heavy (non-hydrogen) atoms. The maximum atomic E-state index is 13.2. The van der Waals surface area contributed by atoms with Crippen LogP contribution < -0.4 is 33.2 Å². The Labute approximate surface area is 504 Å². The largest absolute Gasteiger partial charge is 0.480 e. The van der Waals surface area contributed by atoms with Gasteiger partial charge in [0.2, 0.25) is 17.7 Å². The molecule has 0 saturated carbocycles. The second kappa shape index (κ2) is 39.1. The van der Waals surface area contributed by atoms with E-state index in [9.17, 15) is 38.4 Å². The fourth-order valence-electron chi connectivity index (χ4n) is 8.86. The Kier molecular flexibility index (Phi) is 33.8. The molecule has 19 heteroatoms. The third kappa shape index (κ3) is 29.1. The Morgan fingerprint density at radius 2 is 0.918 bits per heavy atom. The Hall–Kier alpha value is -7.64. The summed E-state index contributed by atoms with van der Waals surface area (Å²) in [7, 11) is 3.92. The van der Waals surface area contributed by atoms with Gasteiger partial charge in [0, 0.05) is 50.0 Å². The van der Waals surface area contributed by atoms with E-state index >= 15 is 0 Å². The Bertz CT molecular complexity index is 2650. The van der Waals surface area contributed by atoms with E-state index in [4.69, 9.17) is 31.8 Å². The number of nitrogens with one attached hydrogen (secondary N) is 3. The first-order valence-electron chi connectivity index (χ1n) is 29.5. The quantitative estimate of drug-likeness (QED) is 0.0136. The van der Waals surface area contributed by atoms with Crippen molar-refractivity contribution in [3.8, 4) is 0 Å². The summed E-state index contributed by atoms with van der Waals surface area (Å²) in [6, 6.07) is 32.2. The summed E-state index contributed by atoms with van der Waals surface area (Å²) in [5.41, 5.74) is 21.7. The van der Waals surface area contributed by atoms with Crippen LogP contribution in [-0.4, -0.2) is 120 Å². The number of Topliss-reactive ketones (excluding diaryl/α,β-unsaturated/α-hetero) is 1. The van der Waals surface area contributed by atoms with E-state index < -0.39 is 30.0 Å². The third-order valence-corrected chi connectivity index (χ3v) is 14.8. The van der Waals surface area contributed by atoms with Crippen molar-refractivity contribution in [2.24, 2.45) is 47.0 Å². The van der Waals surface area contributed by atoms with Crippen LogP contribution in [0, 0.1) is 35.5 Å². The summed E-state index contributed by atoms with van der Waals surface area (Å²) in [5.74, 6) is -2.65. The van der Waals surface area contributed by atoms with Crippen LogP contribution in [-0.2, 0) is 75.5 Å². The molecule has 0 fully saturated rings. The maximum absolute atomic E-state index is 13.2. The highest BCUT2D eigenvalue weighted by atomic mass is 16.5. The number of likely N-dealkylation sites (N-methyl/N-ethyl adjacent to an activating group) is 2. The number of nitrogens with zero attached hydrogens (tertiary/aromatic N) is 2. The highest BCUT2D eigenvalue weighted by Crippen LogP contribution is 2.18. The van der Waals surface area contributed by atoms with E-state index in [-0.39, 0.29) is 103 Å². The summed E-state index contributed by atoms with van der Waals surface area (Å²) >= 11 is 0. The van der Waals surface area contributed by atoms with Gasteiger partial charge in [0.25, 0.3) is 0 Å². The van der Waals surface area contributed by atoms with Crippen molar-refractivity contribution >= 4 is 53.1 Å². The van der Waals surface area contributed by atoms with Gasteiger partial charge in [-0.25, -0.2) is 9.59 Å². The van der Waals surface area contributed by atoms with Gasteiger partial charge >= 0.3 is 23.9 Å². The number of anilines is 1. The number of carboxylic acid groups (broad SMARTS) is 1. The van der Waals surface area contributed by atoms with Crippen molar-refractivity contribution in [2.45, 2.75) is 152 Å². The molecule has 19 nitrogen and oxygen atoms in total. The zero-order chi connectivity index (χ0) is 63.8. The standard InChI is InChI=1S/C34H50N4O5.C21H28N2O2.C11H20N2O4/c1-23(2)25(5)32(40)37-29(13-10-19-36-34(35)42)30(39)21-27-16-14-26(15-17-27)18-20-38(6)31(24(3)4)33(41)43-22-28-11-8-7-9-12-28;1-16(2)20(21(24)25-15-18-7-5-4-6-8-18)23(3)14-13-17-9-11-19(22)12-10-17;1-6(2)7(3)10(15)13-8(11(16)17)4-5-9(12)14/h7-9,11-12,14-17,23-25,29,31H,10,13,18-22H2,1-6H3,(H,37,40)(H3,35,36,42);4-12,16,20H,13-15,22H2,1-3H3;6-8H,4-5H2,1-3H3,(H2,12,14)(H,13,15)(H,16,17)/t25-,29-,31-;20-;7-,8-/m000/s1. The predicted molar refractivity (Wildman–Crippen MR) is 333 cm³/mol. The molecule has 0 aromatic heterocycles. The number of benzene rings is 4. The van der Waals surface area contributed by atoms with Gasteiger partial charge in [-0.1, -0.05) is 166 Å². The minimum atomic E-state index is -1.16. The Morgan fingerprint density at radius 3 is 1.29 bits per heavy atom. The van der Waals surface area contributed by atoms with E-state index in [0.29, 0.717) is 32.5 Å². The van der Waals surface area contributed by atoms with Crippen molar-refractivity contribution in [1.29, 1.82) is 0 Å². The van der Waals surface area contributed by atoms with Gasteiger partial charge in [0.15, 0.2) is 5.78 Å². The number of hydrogen-bond donors (Lipinski definition) is 7. The van der Waals surface area contributed by atoms with Gasteiger partial charge < -0.3 is 47.7 Å². The number of ether oxygens (including phenoxy) is 2. The minimum Gasteiger partial charge on any atom is -0.480 e. The average Bonchev–Trinajstić information content (AvgIpc) is 3.53. The number of ketones is 1. The molecular weight excluding hydrogens is 1080 g/mol. The van der Waals surface area contributed by atoms with Crippen LogP contribution in [0.4, 0.5) is 10.5 Å². The normalized spacial score (nSPS) is 13.2. The molecule has 4 rings (SSSR count). The number of carbonyl (C=O) groups excluding carboxylic acids is 7. The minimum absolute atomic E-state index is 0.0151. The third-order valence-electron chi connectivity index (χ3n) is 14.8. The maximum Gasteiger partial charge on any atom is 0.326 e. The van der Waals surface area contributed by atoms with E-state index in [1.165, 1.54) is 5.56 Å². The summed E-state index contributed by atoms with van der Waals surface area (Å²) in [4.78, 5) is 99.6. The summed E-state index contributed by atoms with van der Waals surface area (Å²) < 4.78 is 11.2. The fraction of sp³-hybridized carbons (Fsp3) is 0.515. The van der Waals surface area contributed by atoms with Crippen molar-refractivity contribution in [3.63, 3.8) is 0 Å². The monoisotopic (exact) mass is 1180 g/mol. The molecule has 10 N–H and O–H groups in total. The van der Waals surface area contributed by atoms with E-state index in [2.05, 4.69) is 20.9 Å². The van der Waals surface area contributed by atoms with Crippen LogP contribution in [0.25, 0.3) is 0 Å². The molecule has 0 aliphatic heterocycles. The number of carboxylic acids is 1. The first kappa shape index (κ1) is 73.5. The SMILES string of the molecule is CC(C)[C@@H](C(=O)OCc1ccccc1)N(C)CCc1ccc(N)cc1.CC(C)[C@H](C)C(=O)N[C@@H](CCC(N)=O)C(=O)O.CC(C)[C@H](C)C(=O)N[C@@H](CCCNC(N)=O)C(=O)Cc1ccc(CCN(C)[C@H](C(=O)OCc2ccccc2)C(C)C)cc1. The zero-order valence-corrected chi connectivity index (χ0v) is 52.3. The molecule has 5 amide bonds. The number of nitrogens with two attached hydrogens (primary N) is 3. The lowest BCUT2D eigenvalue weighted by molar-refractivity contribution is -0.153. The van der Waals surface area contributed by atoms with Crippen LogP contribution in [0.5, 0.6) is 0 Å². The second-order valence-electron chi connectivity index (χ2n) is 23.2. The van der Waals surface area contributed by atoms with E-state index in [1.54, 1.807) is 6.92 Å². The lowest BCUT2D eigenvalue weighted by Gasteiger charge is -2.29. The smallest absolute Gasteiger partial charge is 0.326 e. The van der Waals surface area contributed by atoms with Crippen LogP contribution in [0.15, 0.2) is 109 Å². The van der Waals surface area contributed by atoms with Crippen molar-refractivity contribution < 1.29 is 52.9 Å². The van der Waals surface area contributed by atoms with Crippen LogP contribution in [0.3, 0.4) is 0 Å². The van der Waals surface area contributed by atoms with Crippen molar-refractivity contribution in [2.75, 3.05) is 39.5 Å². The lowest BCUT2D eigenvalue weighted by atomic mass is 9.95. The first-order valence-corrected chi connectivity index (χ1v) is 29.5. The van der Waals surface area contributed by atoms with Gasteiger partial charge in [-0.15, -0.1) is 0 Å². The van der Waals surface area contributed by atoms with Crippen LogP contribution in [0.2, 0.25) is 0 Å². The Morgan fingerprint density at radius 1 is 0.518 bits per heavy atom. The van der Waals surface area contributed by atoms with E-state index in [1.807, 2.05) is 191 Å². The number of hydrogen-bond acceptors (Lipinski definition) is 13. The number of primary amides is 2. The highest BCUT2D eigenvalue weighted by molar-refractivity contribution is 5.91. The number of carbonyl (C=O) groups is 8. The molecule has 0 saturated heterocycles. The van der Waals surface area contributed by atoms with Crippen molar-refractivity contribution in [3.05, 3.63) is 137 Å². The number of aliphatic carboxylic acids is 1. The van der Waals surface area contributed by atoms with Crippen LogP contribution >= 0.6 is 0 Å². The average molecular weight is 1180 g/mol. The lowest BCUT2D eigenvalue weighted by Crippen LogP contribution is -2.45. The fourth-order valence-corrected chi connectivity index (χ4v) is 8.86. The summed E-state index contributed by atoms with van der Waals surface area (Å²) in [5, 5.41) is 16.7. The molecule has 0 heterocycles. The molecule has 0 aliphatic rings. The highest BCUT2D eigenvalue weighted by Gasteiger charge is 2.30. The topological polar surface area (TPSA) is 296 Å². The predicted octanol–water partition coefficient (Wildman–Crippen LogP) is 7.89. The number of amides is 5. The van der Waals surface area contributed by atoms with Gasteiger partial charge in [0.1, 0.15) is 31.3 Å². The van der Waals surface area contributed by atoms with Crippen molar-refractivity contribution in [1.82, 2.24) is 25.8 Å². The number of esters is 2. The van der Waals surface area contributed by atoms with Crippen LogP contribution in [0.1, 0.15) is 123 Å². The van der Waals surface area contributed by atoms with Gasteiger partial charge in [-0.3, -0.25) is 38.6 Å². The van der Waals surface area contributed by atoms with Gasteiger partial charge in [-0.2, -0.15) is 0 Å². The van der Waals surface area contributed by atoms with E-state index in [0.717, 1.165) is 47.3 Å². The number of rotatable bonds is 33. The molecule has 0 radical (unpaired) electrons. The number of urea groups is 1. The molecule has 468 valence electrons. The molecule has 0 spiro atoms. The summed E-state index contributed by atoms with van der Waals surface area (Å²) in [6.45, 7) is 21.8. The molecule has 4 aromatic carbocycles. The summed E-state index contributed by atoms with van der Waals surface area (Å²) in [6.07, 6.45) is 2.66. The molecule has 6 atom stereocenters. The number of nitrogen functional groups attached to an aromatic ring is 1. The molecule has 0 bridgehead atoms. The molecule has 0 aliphatic carbocycles. The zero-order valence-electron chi connectivity index (χ0n) is 52.3. The second-order valence-corrected chi connectivity index (χ2v) is 23.2. The molecule has 4 aromatic rings. The molecule has 0 unspecified atom stereocenters. The first-order chi connectivity index (χ1) is 40.1. The Balaban J connectivity index is 0.000000492. The van der Waals surface area contributed by atoms with Gasteiger partial charge in [-0.05, 0) is 110 Å². The van der Waals surface area contributed by atoms with Gasteiger partial charge in [0.05, 0.1) is 6.04 Å².